The number of aromatic nitrogens is 3. The summed E-state index contributed by atoms with van der Waals surface area (Å²) >= 11 is 0. The third-order valence-corrected chi connectivity index (χ3v) is 4.86. The standard InChI is InChI=1S/C21H22N4O3/c1-2-28-19-8-6-16(7-9-19)20-14-25(23-22-20)18-12-24(13-18)11-15-4-3-5-17(10-15)21(26)27/h3-10,14,18H,2,11-13H2,1H3,(H,26,27). The third-order valence-electron chi connectivity index (χ3n) is 4.86. The number of nitrogens with zero attached hydrogens (tertiary/aromatic N) is 4. The Kier molecular flexibility index (Phi) is 5.08. The molecule has 0 saturated carbocycles. The number of hydrogen-bond donors (Lipinski definition) is 1. The maximum absolute atomic E-state index is 11.1. The van der Waals surface area contributed by atoms with Crippen molar-refractivity contribution in [3.8, 4) is 17.0 Å². The van der Waals surface area contributed by atoms with Crippen LogP contribution in [0.1, 0.15) is 28.9 Å². The molecule has 1 saturated heterocycles. The molecule has 4 rings (SSSR count). The third kappa shape index (κ3) is 3.89. The van der Waals surface area contributed by atoms with E-state index in [1.165, 1.54) is 0 Å². The molecule has 1 fully saturated rings. The maximum atomic E-state index is 11.1. The van der Waals surface area contributed by atoms with Gasteiger partial charge in [-0.1, -0.05) is 17.3 Å². The molecule has 2 aromatic carbocycles. The molecule has 2 heterocycles. The van der Waals surface area contributed by atoms with Crippen molar-refractivity contribution in [3.63, 3.8) is 0 Å². The van der Waals surface area contributed by atoms with Crippen molar-refractivity contribution in [3.05, 3.63) is 65.9 Å². The maximum Gasteiger partial charge on any atom is 0.335 e. The fourth-order valence-electron chi connectivity index (χ4n) is 3.38. The summed E-state index contributed by atoms with van der Waals surface area (Å²) in [4.78, 5) is 13.4. The number of carbonyl (C=O) groups is 1. The van der Waals surface area contributed by atoms with Crippen LogP contribution in [-0.2, 0) is 6.54 Å². The van der Waals surface area contributed by atoms with Crippen LogP contribution in [0, 0.1) is 0 Å². The molecular weight excluding hydrogens is 356 g/mol. The van der Waals surface area contributed by atoms with Gasteiger partial charge in [0.15, 0.2) is 0 Å². The first kappa shape index (κ1) is 18.2. The number of benzene rings is 2. The molecule has 0 bridgehead atoms. The molecule has 0 aliphatic carbocycles. The minimum Gasteiger partial charge on any atom is -0.494 e. The van der Waals surface area contributed by atoms with Crippen molar-refractivity contribution in [2.24, 2.45) is 0 Å². The lowest BCUT2D eigenvalue weighted by Crippen LogP contribution is -2.47. The van der Waals surface area contributed by atoms with E-state index < -0.39 is 5.97 Å². The Bertz CT molecular complexity index is 962. The second-order valence-electron chi connectivity index (χ2n) is 6.89. The van der Waals surface area contributed by atoms with E-state index in [9.17, 15) is 4.79 Å². The van der Waals surface area contributed by atoms with Crippen LogP contribution in [-0.4, -0.2) is 50.7 Å². The Morgan fingerprint density at radius 2 is 2.00 bits per heavy atom. The van der Waals surface area contributed by atoms with E-state index in [1.807, 2.05) is 48.1 Å². The average Bonchev–Trinajstić information content (AvgIpc) is 3.15. The highest BCUT2D eigenvalue weighted by Gasteiger charge is 2.29. The Hall–Kier alpha value is -3.19. The van der Waals surface area contributed by atoms with Gasteiger partial charge >= 0.3 is 5.97 Å². The number of carboxylic acids is 1. The lowest BCUT2D eigenvalue weighted by Gasteiger charge is -2.38. The zero-order valence-corrected chi connectivity index (χ0v) is 15.7. The van der Waals surface area contributed by atoms with Gasteiger partial charge in [0.2, 0.25) is 0 Å². The van der Waals surface area contributed by atoms with Crippen LogP contribution >= 0.6 is 0 Å². The Morgan fingerprint density at radius 1 is 1.21 bits per heavy atom. The minimum atomic E-state index is -0.896. The number of hydrogen-bond acceptors (Lipinski definition) is 5. The van der Waals surface area contributed by atoms with Gasteiger partial charge in [0.25, 0.3) is 0 Å². The molecule has 0 atom stereocenters. The molecule has 3 aromatic rings. The van der Waals surface area contributed by atoms with Crippen molar-refractivity contribution in [1.82, 2.24) is 19.9 Å². The van der Waals surface area contributed by atoms with Crippen LogP contribution < -0.4 is 4.74 Å². The average molecular weight is 378 g/mol. The fourth-order valence-corrected chi connectivity index (χ4v) is 3.38. The highest BCUT2D eigenvalue weighted by atomic mass is 16.5. The first-order valence-corrected chi connectivity index (χ1v) is 9.32. The van der Waals surface area contributed by atoms with E-state index in [1.54, 1.807) is 18.2 Å². The van der Waals surface area contributed by atoms with Crippen LogP contribution in [0.3, 0.4) is 0 Å². The first-order chi connectivity index (χ1) is 13.6. The molecule has 144 valence electrons. The normalized spacial score (nSPS) is 14.6. The van der Waals surface area contributed by atoms with E-state index in [0.29, 0.717) is 12.2 Å². The molecule has 7 heteroatoms. The quantitative estimate of drug-likeness (QED) is 0.680. The van der Waals surface area contributed by atoms with Gasteiger partial charge in [-0.2, -0.15) is 0 Å². The highest BCUT2D eigenvalue weighted by Crippen LogP contribution is 2.26. The molecule has 7 nitrogen and oxygen atoms in total. The van der Waals surface area contributed by atoms with E-state index in [0.717, 1.165) is 42.2 Å². The predicted molar refractivity (Wildman–Crippen MR) is 104 cm³/mol. The molecular formula is C21H22N4O3. The second kappa shape index (κ2) is 7.82. The molecule has 0 amide bonds. The van der Waals surface area contributed by atoms with Gasteiger partial charge in [0, 0.05) is 25.2 Å². The van der Waals surface area contributed by atoms with E-state index in [-0.39, 0.29) is 6.04 Å². The van der Waals surface area contributed by atoms with Crippen LogP contribution in [0.15, 0.2) is 54.7 Å². The molecule has 1 aliphatic rings. The minimum absolute atomic E-state index is 0.284. The Morgan fingerprint density at radius 3 is 2.71 bits per heavy atom. The van der Waals surface area contributed by atoms with Crippen LogP contribution in [0.25, 0.3) is 11.3 Å². The van der Waals surface area contributed by atoms with Crippen LogP contribution in [0.5, 0.6) is 5.75 Å². The SMILES string of the molecule is CCOc1ccc(-c2cn(C3CN(Cc4cccc(C(=O)O)c4)C3)nn2)cc1. The molecule has 28 heavy (non-hydrogen) atoms. The largest absolute Gasteiger partial charge is 0.494 e. The summed E-state index contributed by atoms with van der Waals surface area (Å²) in [5.41, 5.74) is 3.19. The molecule has 0 unspecified atom stereocenters. The molecule has 0 radical (unpaired) electrons. The number of rotatable bonds is 7. The van der Waals surface area contributed by atoms with Gasteiger partial charge in [-0.25, -0.2) is 9.48 Å². The molecule has 1 aliphatic heterocycles. The summed E-state index contributed by atoms with van der Waals surface area (Å²) in [6.45, 7) is 5.07. The van der Waals surface area contributed by atoms with Crippen LogP contribution in [0.4, 0.5) is 0 Å². The summed E-state index contributed by atoms with van der Waals surface area (Å²) in [5, 5.41) is 17.7. The lowest BCUT2D eigenvalue weighted by molar-refractivity contribution is 0.0695. The van der Waals surface area contributed by atoms with Gasteiger partial charge < -0.3 is 9.84 Å². The van der Waals surface area contributed by atoms with Crippen molar-refractivity contribution in [1.29, 1.82) is 0 Å². The smallest absolute Gasteiger partial charge is 0.335 e. The molecule has 0 spiro atoms. The van der Waals surface area contributed by atoms with Crippen LogP contribution in [0.2, 0.25) is 0 Å². The summed E-state index contributed by atoms with van der Waals surface area (Å²) in [5.74, 6) is -0.0481. The monoisotopic (exact) mass is 378 g/mol. The summed E-state index contributed by atoms with van der Waals surface area (Å²) < 4.78 is 7.38. The van der Waals surface area contributed by atoms with Crippen molar-refractivity contribution in [2.45, 2.75) is 19.5 Å². The van der Waals surface area contributed by atoms with E-state index >= 15 is 0 Å². The molecule has 1 aromatic heterocycles. The summed E-state index contributed by atoms with van der Waals surface area (Å²) in [6.07, 6.45) is 1.97. The van der Waals surface area contributed by atoms with Crippen molar-refractivity contribution >= 4 is 5.97 Å². The van der Waals surface area contributed by atoms with Gasteiger partial charge in [0.1, 0.15) is 11.4 Å². The van der Waals surface area contributed by atoms with Gasteiger partial charge in [-0.05, 0) is 48.9 Å². The van der Waals surface area contributed by atoms with Gasteiger partial charge in [-0.3, -0.25) is 4.90 Å². The Balaban J connectivity index is 1.35. The Labute approximate surface area is 163 Å². The number of carboxylic acid groups (broad SMARTS) is 1. The van der Waals surface area contributed by atoms with Gasteiger partial charge in [-0.15, -0.1) is 5.10 Å². The first-order valence-electron chi connectivity index (χ1n) is 9.32. The predicted octanol–water partition coefficient (Wildman–Crippen LogP) is 3.10. The number of aromatic carboxylic acids is 1. The highest BCUT2D eigenvalue weighted by molar-refractivity contribution is 5.87. The second-order valence-corrected chi connectivity index (χ2v) is 6.89. The zero-order valence-electron chi connectivity index (χ0n) is 15.7. The summed E-state index contributed by atoms with van der Waals surface area (Å²) in [7, 11) is 0. The van der Waals surface area contributed by atoms with E-state index in [2.05, 4.69) is 15.2 Å². The van der Waals surface area contributed by atoms with Crippen molar-refractivity contribution < 1.29 is 14.6 Å². The lowest BCUT2D eigenvalue weighted by atomic mass is 10.1. The topological polar surface area (TPSA) is 80.5 Å². The molecule has 1 N–H and O–H groups in total. The number of ether oxygens (including phenoxy) is 1. The zero-order chi connectivity index (χ0) is 19.5. The van der Waals surface area contributed by atoms with Crippen molar-refractivity contribution in [2.75, 3.05) is 19.7 Å². The van der Waals surface area contributed by atoms with Gasteiger partial charge in [0.05, 0.1) is 24.4 Å². The number of likely N-dealkylation sites (tertiary alicyclic amines) is 1. The van der Waals surface area contributed by atoms with E-state index in [4.69, 9.17) is 9.84 Å². The summed E-state index contributed by atoms with van der Waals surface area (Å²) in [6, 6.07) is 15.2. The fraction of sp³-hybridized carbons (Fsp3) is 0.286.